The molecule has 0 spiro atoms. The Morgan fingerprint density at radius 2 is 1.56 bits per heavy atom. The van der Waals surface area contributed by atoms with Gasteiger partial charge in [0.1, 0.15) is 12.3 Å². The van der Waals surface area contributed by atoms with E-state index >= 15 is 0 Å². The molecule has 7 nitrogen and oxygen atoms in total. The van der Waals surface area contributed by atoms with Gasteiger partial charge >= 0.3 is 0 Å². The molecule has 0 bridgehead atoms. The zero-order valence-electron chi connectivity index (χ0n) is 21.1. The summed E-state index contributed by atoms with van der Waals surface area (Å²) in [6, 6.07) is 6.51. The van der Waals surface area contributed by atoms with E-state index in [1.807, 2.05) is 0 Å². The molecule has 0 amide bonds. The predicted molar refractivity (Wildman–Crippen MR) is 129 cm³/mol. The van der Waals surface area contributed by atoms with E-state index in [9.17, 15) is 9.90 Å². The van der Waals surface area contributed by atoms with Crippen molar-refractivity contribution in [2.45, 2.75) is 34.2 Å². The minimum absolute atomic E-state index is 0.106. The SMILES string of the molecule is COc1cc(C=C2Oc3c(ccc([O-])c3C[NH+](CC(C)C)CC(C)C)C2=O)cc(OC)c1OC. The molecule has 0 atom stereocenters. The Morgan fingerprint density at radius 3 is 2.06 bits per heavy atom. The van der Waals surface area contributed by atoms with Crippen LogP contribution < -0.4 is 29.0 Å². The van der Waals surface area contributed by atoms with Crippen LogP contribution in [0, 0.1) is 11.8 Å². The van der Waals surface area contributed by atoms with E-state index in [1.54, 1.807) is 24.3 Å². The second kappa shape index (κ2) is 10.8. The predicted octanol–water partition coefficient (Wildman–Crippen LogP) is 3.10. The van der Waals surface area contributed by atoms with Gasteiger partial charge in [0.25, 0.3) is 0 Å². The fourth-order valence-corrected chi connectivity index (χ4v) is 4.43. The molecule has 0 aliphatic carbocycles. The van der Waals surface area contributed by atoms with Gasteiger partial charge in [0.05, 0.1) is 40.0 Å². The quantitative estimate of drug-likeness (QED) is 0.539. The highest BCUT2D eigenvalue weighted by atomic mass is 16.5. The molecule has 7 heteroatoms. The number of nitrogens with one attached hydrogen (secondary N) is 1. The number of rotatable bonds is 10. The van der Waals surface area contributed by atoms with Crippen molar-refractivity contribution in [2.24, 2.45) is 11.8 Å². The van der Waals surface area contributed by atoms with Crippen LogP contribution in [0.5, 0.6) is 28.7 Å². The molecule has 1 aliphatic heterocycles. The van der Waals surface area contributed by atoms with Gasteiger partial charge in [-0.2, -0.15) is 0 Å². The van der Waals surface area contributed by atoms with E-state index in [2.05, 4.69) is 27.7 Å². The maximum absolute atomic E-state index is 13.1. The molecule has 0 saturated heterocycles. The number of quaternary nitrogens is 1. The zero-order chi connectivity index (χ0) is 25.0. The smallest absolute Gasteiger partial charge is 0.231 e. The van der Waals surface area contributed by atoms with E-state index in [0.29, 0.717) is 58.1 Å². The number of Topliss-reactive ketones (excluding diaryl/α,β-unsaturated/α-hetero) is 1. The average molecular weight is 470 g/mol. The van der Waals surface area contributed by atoms with Gasteiger partial charge in [-0.3, -0.25) is 4.79 Å². The standard InChI is InChI=1S/C27H35NO6/c1-16(2)13-28(14-17(3)4)15-20-21(29)9-8-19-25(30)22(34-26(19)20)10-18-11-23(31-5)27(33-7)24(12-18)32-6/h8-12,16-17,29H,13-15H2,1-7H3. The van der Waals surface area contributed by atoms with E-state index in [0.717, 1.165) is 13.1 Å². The van der Waals surface area contributed by atoms with E-state index in [-0.39, 0.29) is 17.3 Å². The third kappa shape index (κ3) is 5.47. The largest absolute Gasteiger partial charge is 0.872 e. The van der Waals surface area contributed by atoms with Crippen molar-refractivity contribution in [1.29, 1.82) is 0 Å². The molecule has 184 valence electrons. The van der Waals surface area contributed by atoms with Crippen LogP contribution >= 0.6 is 0 Å². The number of allylic oxidation sites excluding steroid dienone is 1. The molecule has 1 heterocycles. The van der Waals surface area contributed by atoms with Crippen LogP contribution in [0.2, 0.25) is 0 Å². The summed E-state index contributed by atoms with van der Waals surface area (Å²) in [4.78, 5) is 14.4. The molecule has 34 heavy (non-hydrogen) atoms. The molecule has 2 aromatic carbocycles. The first-order chi connectivity index (χ1) is 16.2. The Hall–Kier alpha value is -3.19. The first-order valence-corrected chi connectivity index (χ1v) is 11.6. The molecular weight excluding hydrogens is 434 g/mol. The summed E-state index contributed by atoms with van der Waals surface area (Å²) in [6.45, 7) is 11.1. The number of hydrogen-bond acceptors (Lipinski definition) is 6. The third-order valence-corrected chi connectivity index (χ3v) is 5.70. The van der Waals surface area contributed by atoms with Crippen LogP contribution in [-0.2, 0) is 6.54 Å². The van der Waals surface area contributed by atoms with Gasteiger partial charge in [-0.15, -0.1) is 0 Å². The molecule has 1 N–H and O–H groups in total. The third-order valence-electron chi connectivity index (χ3n) is 5.70. The highest BCUT2D eigenvalue weighted by Gasteiger charge is 2.31. The Balaban J connectivity index is 1.98. The summed E-state index contributed by atoms with van der Waals surface area (Å²) >= 11 is 0. The molecule has 1 aliphatic rings. The minimum Gasteiger partial charge on any atom is -0.872 e. The van der Waals surface area contributed by atoms with Gasteiger partial charge in [0, 0.05) is 17.4 Å². The second-order valence-corrected chi connectivity index (χ2v) is 9.44. The van der Waals surface area contributed by atoms with Gasteiger partial charge in [0.2, 0.25) is 11.5 Å². The van der Waals surface area contributed by atoms with Crippen LogP contribution in [0.3, 0.4) is 0 Å². The number of carbonyl (C=O) groups is 1. The maximum atomic E-state index is 13.1. The Bertz CT molecular complexity index is 1040. The van der Waals surface area contributed by atoms with E-state index < -0.39 is 0 Å². The Kier molecular flexibility index (Phi) is 8.10. The number of hydrogen-bond donors (Lipinski definition) is 1. The molecule has 3 rings (SSSR count). The number of benzene rings is 2. The minimum atomic E-state index is -0.251. The lowest BCUT2D eigenvalue weighted by molar-refractivity contribution is -0.919. The molecule has 0 saturated carbocycles. The first-order valence-electron chi connectivity index (χ1n) is 11.6. The van der Waals surface area contributed by atoms with Crippen LogP contribution in [0.15, 0.2) is 30.0 Å². The first kappa shape index (κ1) is 25.4. The molecule has 2 aromatic rings. The van der Waals surface area contributed by atoms with E-state index in [4.69, 9.17) is 18.9 Å². The lowest BCUT2D eigenvalue weighted by atomic mass is 10.0. The lowest BCUT2D eigenvalue weighted by Gasteiger charge is -2.26. The van der Waals surface area contributed by atoms with Crippen molar-refractivity contribution in [3.8, 4) is 28.7 Å². The van der Waals surface area contributed by atoms with Crippen molar-refractivity contribution in [3.05, 3.63) is 46.7 Å². The lowest BCUT2D eigenvalue weighted by Crippen LogP contribution is -3.11. The fraction of sp³-hybridized carbons (Fsp3) is 0.444. The summed E-state index contributed by atoms with van der Waals surface area (Å²) in [5.41, 5.74) is 1.62. The molecular formula is C27H35NO6. The average Bonchev–Trinajstić information content (AvgIpc) is 3.09. The summed E-state index contributed by atoms with van der Waals surface area (Å²) in [5.74, 6) is 2.56. The number of carbonyl (C=O) groups excluding carboxylic acids is 1. The zero-order valence-corrected chi connectivity index (χ0v) is 21.1. The highest BCUT2D eigenvalue weighted by Crippen LogP contribution is 2.41. The summed E-state index contributed by atoms with van der Waals surface area (Å²) in [7, 11) is 4.60. The van der Waals surface area contributed by atoms with E-state index in [1.165, 1.54) is 32.3 Å². The van der Waals surface area contributed by atoms with Gasteiger partial charge in [-0.1, -0.05) is 39.5 Å². The van der Waals surface area contributed by atoms with Crippen LogP contribution in [0.25, 0.3) is 6.08 Å². The van der Waals surface area contributed by atoms with Gasteiger partial charge in [-0.05, 0) is 29.8 Å². The molecule has 0 aromatic heterocycles. The number of ether oxygens (including phenoxy) is 4. The van der Waals surface area contributed by atoms with Gasteiger partial charge < -0.3 is 29.0 Å². The summed E-state index contributed by atoms with van der Waals surface area (Å²) in [5, 5.41) is 12.8. The number of fused-ring (bicyclic) bond motifs is 1. The molecule has 0 fully saturated rings. The van der Waals surface area contributed by atoms with Crippen LogP contribution in [-0.4, -0.2) is 40.2 Å². The Labute approximate surface area is 201 Å². The normalized spacial score (nSPS) is 14.2. The molecule has 0 unspecified atom stereocenters. The maximum Gasteiger partial charge on any atom is 0.231 e. The summed E-state index contributed by atoms with van der Waals surface area (Å²) in [6.07, 6.45) is 1.63. The number of ketones is 1. The van der Waals surface area contributed by atoms with Crippen molar-refractivity contribution in [2.75, 3.05) is 34.4 Å². The monoisotopic (exact) mass is 469 g/mol. The van der Waals surface area contributed by atoms with Crippen molar-refractivity contribution in [1.82, 2.24) is 0 Å². The van der Waals surface area contributed by atoms with Crippen molar-refractivity contribution < 1.29 is 33.7 Å². The topological polar surface area (TPSA) is 81.5 Å². The summed E-state index contributed by atoms with van der Waals surface area (Å²) < 4.78 is 22.2. The second-order valence-electron chi connectivity index (χ2n) is 9.44. The fourth-order valence-electron chi connectivity index (χ4n) is 4.43. The van der Waals surface area contributed by atoms with Crippen molar-refractivity contribution in [3.63, 3.8) is 0 Å². The Morgan fingerprint density at radius 1 is 0.971 bits per heavy atom. The van der Waals surface area contributed by atoms with Crippen LogP contribution in [0.1, 0.15) is 49.2 Å². The molecule has 0 radical (unpaired) electrons. The van der Waals surface area contributed by atoms with Gasteiger partial charge in [-0.25, -0.2) is 0 Å². The van der Waals surface area contributed by atoms with Crippen LogP contribution in [0.4, 0.5) is 0 Å². The van der Waals surface area contributed by atoms with Gasteiger partial charge in [0.15, 0.2) is 17.3 Å². The van der Waals surface area contributed by atoms with Crippen molar-refractivity contribution >= 4 is 11.9 Å². The number of methoxy groups -OCH3 is 3. The highest BCUT2D eigenvalue weighted by molar-refractivity contribution is 6.15.